The van der Waals surface area contributed by atoms with Crippen molar-refractivity contribution in [1.82, 2.24) is 4.98 Å². The number of nitriles is 1. The summed E-state index contributed by atoms with van der Waals surface area (Å²) in [6.45, 7) is 6.37. The van der Waals surface area contributed by atoms with E-state index in [1.165, 1.54) is 0 Å². The highest BCUT2D eigenvalue weighted by Gasteiger charge is 2.14. The normalized spacial score (nSPS) is 11.3. The molecular weight excluding hydrogens is 410 g/mol. The summed E-state index contributed by atoms with van der Waals surface area (Å²) in [4.78, 5) is 16.1. The van der Waals surface area contributed by atoms with Crippen molar-refractivity contribution < 1.29 is 9.53 Å². The Morgan fingerprint density at radius 2 is 1.79 bits per heavy atom. The molecule has 1 heterocycles. The van der Waals surface area contributed by atoms with E-state index in [0.717, 1.165) is 50.2 Å². The zero-order valence-electron chi connectivity index (χ0n) is 18.9. The number of H-pyrrole nitrogens is 1. The van der Waals surface area contributed by atoms with E-state index in [4.69, 9.17) is 4.74 Å². The van der Waals surface area contributed by atoms with Crippen molar-refractivity contribution in [2.75, 3.05) is 5.32 Å². The smallest absolute Gasteiger partial charge is 0.266 e. The van der Waals surface area contributed by atoms with Crippen LogP contribution >= 0.6 is 0 Å². The summed E-state index contributed by atoms with van der Waals surface area (Å²) in [5, 5.41) is 13.5. The number of aromatic nitrogens is 1. The quantitative estimate of drug-likeness (QED) is 0.279. The SMILES string of the molecule is Cc1cc(C)c(NC(=O)C(C#N)=Cc2c[nH]c3ccc(OCc4ccccc4)cc23)c(C)c1. The van der Waals surface area contributed by atoms with Crippen molar-refractivity contribution in [3.8, 4) is 11.8 Å². The molecule has 0 fully saturated rings. The van der Waals surface area contributed by atoms with Crippen LogP contribution in [0.5, 0.6) is 5.75 Å². The summed E-state index contributed by atoms with van der Waals surface area (Å²) in [5.41, 5.74) is 6.56. The number of aromatic amines is 1. The molecule has 0 atom stereocenters. The van der Waals surface area contributed by atoms with Gasteiger partial charge in [-0.3, -0.25) is 4.79 Å². The first-order valence-electron chi connectivity index (χ1n) is 10.7. The highest BCUT2D eigenvalue weighted by molar-refractivity contribution is 6.11. The van der Waals surface area contributed by atoms with E-state index in [9.17, 15) is 10.1 Å². The fraction of sp³-hybridized carbons (Fsp3) is 0.143. The topological polar surface area (TPSA) is 77.9 Å². The van der Waals surface area contributed by atoms with Crippen LogP contribution in [0.2, 0.25) is 0 Å². The Hall–Kier alpha value is -4.30. The van der Waals surface area contributed by atoms with Gasteiger partial charge in [0.1, 0.15) is 24.0 Å². The van der Waals surface area contributed by atoms with Crippen molar-refractivity contribution in [2.24, 2.45) is 0 Å². The lowest BCUT2D eigenvalue weighted by Crippen LogP contribution is -2.15. The zero-order valence-corrected chi connectivity index (χ0v) is 18.9. The van der Waals surface area contributed by atoms with E-state index in [1.807, 2.05) is 87.5 Å². The lowest BCUT2D eigenvalue weighted by atomic mass is 10.0. The average molecular weight is 436 g/mol. The van der Waals surface area contributed by atoms with E-state index >= 15 is 0 Å². The Labute approximate surface area is 193 Å². The van der Waals surface area contributed by atoms with Gasteiger partial charge in [0.05, 0.1) is 0 Å². The second kappa shape index (κ2) is 9.46. The number of aryl methyl sites for hydroxylation is 3. The van der Waals surface area contributed by atoms with Gasteiger partial charge in [-0.05, 0) is 61.7 Å². The molecule has 4 aromatic rings. The van der Waals surface area contributed by atoms with Crippen molar-refractivity contribution in [3.63, 3.8) is 0 Å². The molecule has 0 bridgehead atoms. The predicted octanol–water partition coefficient (Wildman–Crippen LogP) is 6.22. The van der Waals surface area contributed by atoms with Crippen molar-refractivity contribution in [2.45, 2.75) is 27.4 Å². The van der Waals surface area contributed by atoms with Gasteiger partial charge in [0.15, 0.2) is 0 Å². The molecule has 0 saturated heterocycles. The monoisotopic (exact) mass is 435 g/mol. The summed E-state index contributed by atoms with van der Waals surface area (Å²) >= 11 is 0. The summed E-state index contributed by atoms with van der Waals surface area (Å²) in [5.74, 6) is 0.285. The lowest BCUT2D eigenvalue weighted by molar-refractivity contribution is -0.112. The lowest BCUT2D eigenvalue weighted by Gasteiger charge is -2.12. The molecule has 0 aliphatic rings. The molecule has 0 radical (unpaired) electrons. The number of amides is 1. The summed E-state index contributed by atoms with van der Waals surface area (Å²) in [6.07, 6.45) is 3.40. The van der Waals surface area contributed by atoms with Gasteiger partial charge in [-0.15, -0.1) is 0 Å². The standard InChI is InChI=1S/C28H25N3O2/c1-18-11-19(2)27(20(3)12-18)31-28(32)22(15-29)13-23-16-30-26-10-9-24(14-25(23)26)33-17-21-7-5-4-6-8-21/h4-14,16,30H,17H2,1-3H3,(H,31,32). The van der Waals surface area contributed by atoms with E-state index in [0.29, 0.717) is 6.61 Å². The maximum absolute atomic E-state index is 12.9. The van der Waals surface area contributed by atoms with Gasteiger partial charge in [-0.1, -0.05) is 48.0 Å². The highest BCUT2D eigenvalue weighted by atomic mass is 16.5. The molecule has 0 aliphatic heterocycles. The van der Waals surface area contributed by atoms with Crippen LogP contribution in [-0.2, 0) is 11.4 Å². The van der Waals surface area contributed by atoms with Gasteiger partial charge < -0.3 is 15.0 Å². The van der Waals surface area contributed by atoms with Crippen LogP contribution in [0, 0.1) is 32.1 Å². The van der Waals surface area contributed by atoms with Crippen LogP contribution in [0.4, 0.5) is 5.69 Å². The number of hydrogen-bond donors (Lipinski definition) is 2. The van der Waals surface area contributed by atoms with E-state index in [2.05, 4.69) is 10.3 Å². The number of rotatable bonds is 6. The fourth-order valence-electron chi connectivity index (χ4n) is 3.93. The Balaban J connectivity index is 1.58. The highest BCUT2D eigenvalue weighted by Crippen LogP contribution is 2.27. The van der Waals surface area contributed by atoms with Gasteiger partial charge >= 0.3 is 0 Å². The Bertz CT molecular complexity index is 1370. The number of benzene rings is 3. The van der Waals surface area contributed by atoms with E-state index < -0.39 is 5.91 Å². The molecule has 33 heavy (non-hydrogen) atoms. The Morgan fingerprint density at radius 3 is 2.48 bits per heavy atom. The number of fused-ring (bicyclic) bond motifs is 1. The molecule has 0 saturated carbocycles. The Kier molecular flexibility index (Phi) is 6.28. The van der Waals surface area contributed by atoms with Crippen molar-refractivity contribution in [1.29, 1.82) is 5.26 Å². The first kappa shape index (κ1) is 21.9. The number of ether oxygens (including phenoxy) is 1. The largest absolute Gasteiger partial charge is 0.489 e. The van der Waals surface area contributed by atoms with Gasteiger partial charge in [-0.2, -0.15) is 5.26 Å². The van der Waals surface area contributed by atoms with Gasteiger partial charge in [0.2, 0.25) is 0 Å². The molecule has 1 aromatic heterocycles. The molecule has 2 N–H and O–H groups in total. The molecule has 1 amide bonds. The van der Waals surface area contributed by atoms with Crippen LogP contribution in [-0.4, -0.2) is 10.9 Å². The number of hydrogen-bond acceptors (Lipinski definition) is 3. The maximum Gasteiger partial charge on any atom is 0.266 e. The van der Waals surface area contributed by atoms with Crippen molar-refractivity contribution >= 4 is 28.6 Å². The number of nitrogens with one attached hydrogen (secondary N) is 2. The summed E-state index contributed by atoms with van der Waals surface area (Å²) < 4.78 is 5.94. The van der Waals surface area contributed by atoms with Crippen LogP contribution in [0.3, 0.4) is 0 Å². The molecule has 5 heteroatoms. The fourth-order valence-corrected chi connectivity index (χ4v) is 3.93. The second-order valence-corrected chi connectivity index (χ2v) is 8.12. The van der Waals surface area contributed by atoms with Gasteiger partial charge in [0, 0.05) is 28.4 Å². The van der Waals surface area contributed by atoms with Crippen molar-refractivity contribution in [3.05, 3.63) is 100 Å². The third-order valence-corrected chi connectivity index (χ3v) is 5.51. The van der Waals surface area contributed by atoms with Crippen LogP contribution in [0.25, 0.3) is 17.0 Å². The third-order valence-electron chi connectivity index (χ3n) is 5.51. The minimum Gasteiger partial charge on any atom is -0.489 e. The molecule has 0 spiro atoms. The molecule has 0 aliphatic carbocycles. The minimum absolute atomic E-state index is 0.0332. The number of carbonyl (C=O) groups excluding carboxylic acids is 1. The summed E-state index contributed by atoms with van der Waals surface area (Å²) in [7, 11) is 0. The second-order valence-electron chi connectivity index (χ2n) is 8.12. The minimum atomic E-state index is -0.432. The molecular formula is C28H25N3O2. The number of anilines is 1. The summed E-state index contributed by atoms with van der Waals surface area (Å²) in [6, 6.07) is 21.8. The predicted molar refractivity (Wildman–Crippen MR) is 132 cm³/mol. The molecule has 3 aromatic carbocycles. The van der Waals surface area contributed by atoms with Crippen LogP contribution in [0.15, 0.2) is 72.4 Å². The van der Waals surface area contributed by atoms with E-state index in [1.54, 1.807) is 12.3 Å². The molecule has 5 nitrogen and oxygen atoms in total. The molecule has 164 valence electrons. The molecule has 4 rings (SSSR count). The zero-order chi connectivity index (χ0) is 23.4. The average Bonchev–Trinajstić information content (AvgIpc) is 3.21. The molecule has 0 unspecified atom stereocenters. The third kappa shape index (κ3) is 4.97. The number of nitrogens with zero attached hydrogens (tertiary/aromatic N) is 1. The van der Waals surface area contributed by atoms with E-state index in [-0.39, 0.29) is 5.57 Å². The first-order valence-corrected chi connectivity index (χ1v) is 10.7. The van der Waals surface area contributed by atoms with Gasteiger partial charge in [-0.25, -0.2) is 0 Å². The maximum atomic E-state index is 12.9. The van der Waals surface area contributed by atoms with Gasteiger partial charge in [0.25, 0.3) is 5.91 Å². The first-order chi connectivity index (χ1) is 15.9. The van der Waals surface area contributed by atoms with Crippen LogP contribution in [0.1, 0.15) is 27.8 Å². The van der Waals surface area contributed by atoms with Crippen LogP contribution < -0.4 is 10.1 Å². The Morgan fingerprint density at radius 1 is 1.06 bits per heavy atom. The number of carbonyl (C=O) groups is 1.